The number of amides is 1. The van der Waals surface area contributed by atoms with E-state index in [2.05, 4.69) is 10.1 Å². The van der Waals surface area contributed by atoms with Crippen LogP contribution in [0.5, 0.6) is 5.75 Å². The highest BCUT2D eigenvalue weighted by Gasteiger charge is 2.35. The van der Waals surface area contributed by atoms with Gasteiger partial charge in [0, 0.05) is 30.4 Å². The van der Waals surface area contributed by atoms with Crippen LogP contribution in [0.2, 0.25) is 0 Å². The van der Waals surface area contributed by atoms with Crippen LogP contribution in [-0.2, 0) is 12.6 Å². The third-order valence-corrected chi connectivity index (χ3v) is 5.48. The number of pyridine rings is 1. The van der Waals surface area contributed by atoms with Gasteiger partial charge >= 0.3 is 6.18 Å². The van der Waals surface area contributed by atoms with E-state index in [1.54, 1.807) is 0 Å². The molecule has 0 bridgehead atoms. The molecular weight excluding hydrogens is 471 g/mol. The molecular formula is C22H22F3N5O3S. The summed E-state index contributed by atoms with van der Waals surface area (Å²) < 4.78 is 45.5. The summed E-state index contributed by atoms with van der Waals surface area (Å²) >= 11 is 0. The van der Waals surface area contributed by atoms with Crippen LogP contribution in [0, 0.1) is 0 Å². The molecule has 0 radical (unpaired) electrons. The van der Waals surface area contributed by atoms with E-state index in [1.165, 1.54) is 47.3 Å². The van der Waals surface area contributed by atoms with Crippen molar-refractivity contribution in [1.82, 2.24) is 14.8 Å². The molecule has 0 saturated carbocycles. The van der Waals surface area contributed by atoms with Gasteiger partial charge in [-0.2, -0.15) is 31.8 Å². The number of methoxy groups -OCH3 is 1. The molecule has 0 unspecified atom stereocenters. The summed E-state index contributed by atoms with van der Waals surface area (Å²) in [5, 5.41) is 4.26. The topological polar surface area (TPSA) is 103 Å². The number of rotatable bonds is 5. The second kappa shape index (κ2) is 9.37. The lowest BCUT2D eigenvalue weighted by molar-refractivity contribution is -0.137. The molecule has 1 aromatic carbocycles. The number of alkyl halides is 3. The lowest BCUT2D eigenvalue weighted by Crippen LogP contribution is -2.43. The Labute approximate surface area is 200 Å². The maximum atomic E-state index is 13.3. The Morgan fingerprint density at radius 1 is 1.24 bits per heavy atom. The largest absolute Gasteiger partial charge is 0.496 e. The van der Waals surface area contributed by atoms with Gasteiger partial charge in [0.1, 0.15) is 22.8 Å². The quantitative estimate of drug-likeness (QED) is 0.545. The minimum absolute atomic E-state index is 0. The monoisotopic (exact) mass is 493 g/mol. The number of Topliss-reactive ketones (excluding diaryl/α,β-unsaturated/α-hetero) is 1. The molecule has 1 atom stereocenters. The van der Waals surface area contributed by atoms with Gasteiger partial charge in [-0.05, 0) is 37.3 Å². The summed E-state index contributed by atoms with van der Waals surface area (Å²) in [5.74, 6) is -0.592. The number of aromatic nitrogens is 3. The first-order chi connectivity index (χ1) is 15.6. The highest BCUT2D eigenvalue weighted by atomic mass is 32.1. The Morgan fingerprint density at radius 3 is 2.53 bits per heavy atom. The minimum Gasteiger partial charge on any atom is -0.496 e. The minimum atomic E-state index is -4.47. The van der Waals surface area contributed by atoms with E-state index in [9.17, 15) is 22.8 Å². The first-order valence-electron chi connectivity index (χ1n) is 9.99. The van der Waals surface area contributed by atoms with E-state index >= 15 is 0 Å². The van der Waals surface area contributed by atoms with E-state index in [0.29, 0.717) is 11.3 Å². The van der Waals surface area contributed by atoms with Crippen LogP contribution in [0.4, 0.5) is 24.7 Å². The van der Waals surface area contributed by atoms with E-state index < -0.39 is 23.4 Å². The number of hydrogen-bond donors (Lipinski definition) is 1. The van der Waals surface area contributed by atoms with Gasteiger partial charge in [0.15, 0.2) is 5.78 Å². The number of benzene rings is 1. The zero-order valence-corrected chi connectivity index (χ0v) is 19.3. The molecule has 2 N–H and O–H groups in total. The van der Waals surface area contributed by atoms with Crippen LogP contribution in [0.15, 0.2) is 42.7 Å². The summed E-state index contributed by atoms with van der Waals surface area (Å²) in [4.78, 5) is 31.6. The van der Waals surface area contributed by atoms with Crippen molar-refractivity contribution in [3.8, 4) is 5.75 Å². The first kappa shape index (κ1) is 25.1. The predicted octanol–water partition coefficient (Wildman–Crippen LogP) is 3.65. The number of nitrogens with two attached hydrogens (primary N) is 1. The molecule has 1 amide bonds. The summed E-state index contributed by atoms with van der Waals surface area (Å²) in [6, 6.07) is 5.62. The van der Waals surface area contributed by atoms with Crippen LogP contribution >= 0.6 is 13.5 Å². The van der Waals surface area contributed by atoms with Crippen LogP contribution in [0.1, 0.15) is 44.9 Å². The second-order valence-corrected chi connectivity index (χ2v) is 7.65. The van der Waals surface area contributed by atoms with Crippen molar-refractivity contribution in [2.45, 2.75) is 25.6 Å². The third kappa shape index (κ3) is 4.45. The van der Waals surface area contributed by atoms with Gasteiger partial charge < -0.3 is 15.4 Å². The molecule has 2 aromatic heterocycles. The fourth-order valence-corrected chi connectivity index (χ4v) is 3.87. The van der Waals surface area contributed by atoms with Crippen molar-refractivity contribution in [3.63, 3.8) is 0 Å². The van der Waals surface area contributed by atoms with E-state index in [0.717, 1.165) is 12.1 Å². The molecule has 180 valence electrons. The number of fused-ring (bicyclic) bond motifs is 1. The van der Waals surface area contributed by atoms with Crippen molar-refractivity contribution >= 4 is 36.7 Å². The van der Waals surface area contributed by atoms with E-state index in [-0.39, 0.29) is 55.3 Å². The lowest BCUT2D eigenvalue weighted by atomic mass is 10.0. The van der Waals surface area contributed by atoms with Crippen molar-refractivity contribution in [1.29, 1.82) is 0 Å². The standard InChI is InChI=1S/C22H20F3N5O3.H2S/c1-12-11-29(15-5-3-14(4-6-15)22(23,24)25)21(32)19-13(10-28-30(12)19)9-16(31)18-17(33-2)7-8-27-20(18)26;/h3-8,10,12H,9,11H2,1-2H3,(H2,26,27);1H2/t12-;/m0./s1. The van der Waals surface area contributed by atoms with Gasteiger partial charge in [0.2, 0.25) is 0 Å². The van der Waals surface area contributed by atoms with Gasteiger partial charge in [-0.15, -0.1) is 0 Å². The number of carbonyl (C=O) groups is 2. The van der Waals surface area contributed by atoms with Gasteiger partial charge in [0.05, 0.1) is 24.9 Å². The summed E-state index contributed by atoms with van der Waals surface area (Å²) in [5.41, 5.74) is 6.06. The number of ether oxygens (including phenoxy) is 1. The predicted molar refractivity (Wildman–Crippen MR) is 124 cm³/mol. The number of anilines is 2. The van der Waals surface area contributed by atoms with E-state index in [4.69, 9.17) is 10.5 Å². The average molecular weight is 494 g/mol. The molecule has 0 spiro atoms. The number of nitrogen functional groups attached to an aromatic ring is 1. The number of carbonyl (C=O) groups excluding carboxylic acids is 2. The molecule has 1 aliphatic rings. The van der Waals surface area contributed by atoms with Crippen LogP contribution in [-0.4, -0.2) is 40.1 Å². The third-order valence-electron chi connectivity index (χ3n) is 5.48. The molecule has 12 heteroatoms. The highest BCUT2D eigenvalue weighted by molar-refractivity contribution is 7.59. The first-order valence-corrected chi connectivity index (χ1v) is 9.99. The summed E-state index contributed by atoms with van der Waals surface area (Å²) in [7, 11) is 1.40. The Hall–Kier alpha value is -3.54. The number of ketones is 1. The zero-order chi connectivity index (χ0) is 23.9. The SMILES string of the molecule is COc1ccnc(N)c1C(=O)Cc1cnn2c1C(=O)N(c1ccc(C(F)(F)F)cc1)C[C@@H]2C.S. The number of nitrogens with zero attached hydrogens (tertiary/aromatic N) is 4. The molecule has 3 aromatic rings. The molecule has 3 heterocycles. The van der Waals surface area contributed by atoms with Crippen LogP contribution in [0.25, 0.3) is 0 Å². The number of hydrogen-bond acceptors (Lipinski definition) is 6. The van der Waals surface area contributed by atoms with Crippen LogP contribution < -0.4 is 15.4 Å². The average Bonchev–Trinajstić information content (AvgIpc) is 3.19. The molecule has 8 nitrogen and oxygen atoms in total. The Kier molecular flexibility index (Phi) is 6.92. The summed E-state index contributed by atoms with van der Waals surface area (Å²) in [6.45, 7) is 2.05. The lowest BCUT2D eigenvalue weighted by Gasteiger charge is -2.32. The molecule has 0 saturated heterocycles. The van der Waals surface area contributed by atoms with Gasteiger partial charge in [-0.1, -0.05) is 0 Å². The van der Waals surface area contributed by atoms with Crippen LogP contribution in [0.3, 0.4) is 0 Å². The molecule has 0 fully saturated rings. The summed E-state index contributed by atoms with van der Waals surface area (Å²) in [6.07, 6.45) is -1.79. The van der Waals surface area contributed by atoms with E-state index in [1.807, 2.05) is 6.92 Å². The maximum absolute atomic E-state index is 13.3. The molecule has 1 aliphatic heterocycles. The molecule has 4 rings (SSSR count). The van der Waals surface area contributed by atoms with Gasteiger partial charge in [-0.25, -0.2) is 4.98 Å². The fourth-order valence-electron chi connectivity index (χ4n) is 3.87. The smallest absolute Gasteiger partial charge is 0.416 e. The Balaban J connectivity index is 0.00000324. The Morgan fingerprint density at radius 2 is 1.91 bits per heavy atom. The zero-order valence-electron chi connectivity index (χ0n) is 18.3. The van der Waals surface area contributed by atoms with Crippen molar-refractivity contribution < 1.29 is 27.5 Å². The molecule has 0 aliphatic carbocycles. The van der Waals surface area contributed by atoms with Crippen molar-refractivity contribution in [2.75, 3.05) is 24.3 Å². The highest BCUT2D eigenvalue weighted by Crippen LogP contribution is 2.33. The van der Waals surface area contributed by atoms with Crippen molar-refractivity contribution in [3.05, 3.63) is 65.1 Å². The molecule has 34 heavy (non-hydrogen) atoms. The van der Waals surface area contributed by atoms with Gasteiger partial charge in [0.25, 0.3) is 5.91 Å². The van der Waals surface area contributed by atoms with Gasteiger partial charge in [-0.3, -0.25) is 14.3 Å². The second-order valence-electron chi connectivity index (χ2n) is 7.65. The number of halogens is 3. The normalized spacial score (nSPS) is 15.5. The maximum Gasteiger partial charge on any atom is 0.416 e. The Bertz CT molecular complexity index is 1230. The van der Waals surface area contributed by atoms with Crippen molar-refractivity contribution in [2.24, 2.45) is 0 Å². The fraction of sp³-hybridized carbons (Fsp3) is 0.273.